The maximum absolute atomic E-state index is 12.8. The number of pyridine rings is 2. The molecule has 2 aliphatic heterocycles. The Morgan fingerprint density at radius 1 is 1.00 bits per heavy atom. The van der Waals surface area contributed by atoms with E-state index in [1.54, 1.807) is 0 Å². The number of aryl methyl sites for hydroxylation is 1. The molecule has 8 heteroatoms. The maximum atomic E-state index is 12.8. The van der Waals surface area contributed by atoms with Gasteiger partial charge in [-0.05, 0) is 48.4 Å². The molecular formula is C25H25N7O. The van der Waals surface area contributed by atoms with Gasteiger partial charge in [0.05, 0.1) is 34.8 Å². The quantitative estimate of drug-likeness (QED) is 0.453. The van der Waals surface area contributed by atoms with Crippen LogP contribution in [0.2, 0.25) is 0 Å². The van der Waals surface area contributed by atoms with Crippen molar-refractivity contribution >= 4 is 28.6 Å². The van der Waals surface area contributed by atoms with Gasteiger partial charge in [-0.3, -0.25) is 4.79 Å². The number of hydrogen-bond donors (Lipinski definition) is 3. The standard InChI is InChI=1S/C25H25N7O/c1-16-3-2-4-22-19(15-29-32(16)22)18-6-7-21(24-20(18)14-28-25(24)33)30-23-8-5-17(13-27-23)31-11-9-26-10-12-31/h2-8,13,15,26H,9-12,14H2,1H3,(H,27,30)(H,28,33). The number of benzene rings is 1. The van der Waals surface area contributed by atoms with Crippen molar-refractivity contribution < 1.29 is 4.79 Å². The molecule has 0 bridgehead atoms. The summed E-state index contributed by atoms with van der Waals surface area (Å²) in [7, 11) is 0. The Bertz CT molecular complexity index is 1350. The summed E-state index contributed by atoms with van der Waals surface area (Å²) in [5.74, 6) is 0.648. The molecular weight excluding hydrogens is 414 g/mol. The van der Waals surface area contributed by atoms with Crippen LogP contribution in [0, 0.1) is 6.92 Å². The van der Waals surface area contributed by atoms with Gasteiger partial charge in [0.15, 0.2) is 0 Å². The second-order valence-corrected chi connectivity index (χ2v) is 8.48. The van der Waals surface area contributed by atoms with E-state index in [1.165, 1.54) is 0 Å². The molecule has 0 spiro atoms. The van der Waals surface area contributed by atoms with Gasteiger partial charge in [0.25, 0.3) is 5.91 Å². The van der Waals surface area contributed by atoms with E-state index in [0.29, 0.717) is 12.1 Å². The highest BCUT2D eigenvalue weighted by molar-refractivity contribution is 6.06. The first kappa shape index (κ1) is 19.8. The van der Waals surface area contributed by atoms with E-state index in [2.05, 4.69) is 49.1 Å². The van der Waals surface area contributed by atoms with Crippen molar-refractivity contribution in [1.82, 2.24) is 25.2 Å². The normalized spacial score (nSPS) is 15.5. The van der Waals surface area contributed by atoms with Crippen LogP contribution in [0.3, 0.4) is 0 Å². The predicted molar refractivity (Wildman–Crippen MR) is 129 cm³/mol. The van der Waals surface area contributed by atoms with Crippen LogP contribution in [0.5, 0.6) is 0 Å². The van der Waals surface area contributed by atoms with Crippen molar-refractivity contribution in [2.45, 2.75) is 13.5 Å². The van der Waals surface area contributed by atoms with E-state index in [9.17, 15) is 4.79 Å². The summed E-state index contributed by atoms with van der Waals surface area (Å²) in [6, 6.07) is 14.2. The first-order valence-electron chi connectivity index (χ1n) is 11.3. The summed E-state index contributed by atoms with van der Waals surface area (Å²) in [5.41, 5.74) is 7.68. The first-order chi connectivity index (χ1) is 16.2. The monoisotopic (exact) mass is 439 g/mol. The van der Waals surface area contributed by atoms with Crippen LogP contribution in [0.15, 0.2) is 54.9 Å². The molecule has 0 aliphatic carbocycles. The van der Waals surface area contributed by atoms with Gasteiger partial charge in [-0.15, -0.1) is 0 Å². The van der Waals surface area contributed by atoms with E-state index < -0.39 is 0 Å². The van der Waals surface area contributed by atoms with E-state index in [1.807, 2.05) is 48.1 Å². The minimum absolute atomic E-state index is 0.0700. The second-order valence-electron chi connectivity index (χ2n) is 8.48. The average Bonchev–Trinajstić information content (AvgIpc) is 3.46. The number of carbonyl (C=O) groups is 1. The zero-order chi connectivity index (χ0) is 22.4. The lowest BCUT2D eigenvalue weighted by Crippen LogP contribution is -2.43. The number of nitrogens with one attached hydrogen (secondary N) is 3. The van der Waals surface area contributed by atoms with Crippen molar-refractivity contribution in [2.24, 2.45) is 0 Å². The third-order valence-corrected chi connectivity index (χ3v) is 6.48. The molecule has 3 N–H and O–H groups in total. The number of rotatable bonds is 4. The lowest BCUT2D eigenvalue weighted by Gasteiger charge is -2.29. The zero-order valence-electron chi connectivity index (χ0n) is 18.4. The van der Waals surface area contributed by atoms with Crippen molar-refractivity contribution in [3.05, 3.63) is 71.7 Å². The van der Waals surface area contributed by atoms with Gasteiger partial charge in [0.1, 0.15) is 5.82 Å². The number of amides is 1. The molecule has 0 unspecified atom stereocenters. The number of hydrogen-bond acceptors (Lipinski definition) is 6. The first-order valence-corrected chi connectivity index (χ1v) is 11.3. The van der Waals surface area contributed by atoms with Crippen LogP contribution in [0.4, 0.5) is 17.2 Å². The molecule has 0 atom stereocenters. The van der Waals surface area contributed by atoms with E-state index in [-0.39, 0.29) is 5.91 Å². The molecule has 1 aromatic carbocycles. The Morgan fingerprint density at radius 2 is 1.88 bits per heavy atom. The lowest BCUT2D eigenvalue weighted by molar-refractivity contribution is 0.0966. The summed E-state index contributed by atoms with van der Waals surface area (Å²) >= 11 is 0. The second kappa shape index (κ2) is 7.90. The fourth-order valence-corrected chi connectivity index (χ4v) is 4.77. The average molecular weight is 440 g/mol. The fraction of sp³-hybridized carbons (Fsp3) is 0.240. The fourth-order valence-electron chi connectivity index (χ4n) is 4.77. The lowest BCUT2D eigenvalue weighted by atomic mass is 9.96. The summed E-state index contributed by atoms with van der Waals surface area (Å²) in [4.78, 5) is 19.7. The zero-order valence-corrected chi connectivity index (χ0v) is 18.4. The van der Waals surface area contributed by atoms with Gasteiger partial charge in [-0.25, -0.2) is 9.50 Å². The summed E-state index contributed by atoms with van der Waals surface area (Å²) in [6.45, 7) is 6.46. The number of carbonyl (C=O) groups excluding carboxylic acids is 1. The minimum Gasteiger partial charge on any atom is -0.368 e. The number of fused-ring (bicyclic) bond motifs is 2. The Labute approximate surface area is 191 Å². The number of nitrogens with zero attached hydrogens (tertiary/aromatic N) is 4. The number of aromatic nitrogens is 3. The van der Waals surface area contributed by atoms with Crippen molar-refractivity contribution in [2.75, 3.05) is 36.4 Å². The Kier molecular flexibility index (Phi) is 4.73. The SMILES string of the molecule is Cc1cccc2c(-c3ccc(Nc4ccc(N5CCNCC5)cn4)c4c3CNC4=O)cnn12. The Morgan fingerprint density at radius 3 is 2.70 bits per heavy atom. The van der Waals surface area contributed by atoms with Gasteiger partial charge < -0.3 is 20.9 Å². The highest BCUT2D eigenvalue weighted by Crippen LogP contribution is 2.36. The van der Waals surface area contributed by atoms with Crippen LogP contribution in [0.1, 0.15) is 21.6 Å². The molecule has 0 saturated carbocycles. The molecule has 5 heterocycles. The van der Waals surface area contributed by atoms with Gasteiger partial charge >= 0.3 is 0 Å². The third-order valence-electron chi connectivity index (χ3n) is 6.48. The third kappa shape index (κ3) is 3.39. The van der Waals surface area contributed by atoms with Crippen molar-refractivity contribution in [3.8, 4) is 11.1 Å². The highest BCUT2D eigenvalue weighted by atomic mass is 16.1. The van der Waals surface area contributed by atoms with Crippen molar-refractivity contribution in [1.29, 1.82) is 0 Å². The summed E-state index contributed by atoms with van der Waals surface area (Å²) < 4.78 is 1.93. The van der Waals surface area contributed by atoms with E-state index >= 15 is 0 Å². The number of anilines is 3. The van der Waals surface area contributed by atoms with Crippen molar-refractivity contribution in [3.63, 3.8) is 0 Å². The minimum atomic E-state index is -0.0700. The number of piperazine rings is 1. The van der Waals surface area contributed by atoms with Crippen LogP contribution >= 0.6 is 0 Å². The van der Waals surface area contributed by atoms with Gasteiger partial charge in [0, 0.05) is 44.0 Å². The molecule has 2 aliphatic rings. The Balaban J connectivity index is 1.34. The molecule has 3 aromatic heterocycles. The molecule has 4 aromatic rings. The largest absolute Gasteiger partial charge is 0.368 e. The smallest absolute Gasteiger partial charge is 0.254 e. The molecule has 1 fully saturated rings. The summed E-state index contributed by atoms with van der Waals surface area (Å²) in [5, 5.41) is 14.3. The maximum Gasteiger partial charge on any atom is 0.254 e. The topological polar surface area (TPSA) is 86.6 Å². The van der Waals surface area contributed by atoms with Crippen LogP contribution in [-0.4, -0.2) is 46.7 Å². The summed E-state index contributed by atoms with van der Waals surface area (Å²) in [6.07, 6.45) is 3.77. The van der Waals surface area contributed by atoms with Gasteiger partial charge in [-0.2, -0.15) is 5.10 Å². The van der Waals surface area contributed by atoms with Gasteiger partial charge in [0.2, 0.25) is 0 Å². The molecule has 6 rings (SSSR count). The predicted octanol–water partition coefficient (Wildman–Crippen LogP) is 3.10. The van der Waals surface area contributed by atoms with Crippen LogP contribution in [-0.2, 0) is 6.54 Å². The molecule has 0 radical (unpaired) electrons. The van der Waals surface area contributed by atoms with E-state index in [4.69, 9.17) is 0 Å². The Hall–Kier alpha value is -3.91. The van der Waals surface area contributed by atoms with Crippen LogP contribution < -0.4 is 20.9 Å². The van der Waals surface area contributed by atoms with Gasteiger partial charge in [-0.1, -0.05) is 12.1 Å². The molecule has 166 valence electrons. The van der Waals surface area contributed by atoms with Crippen LogP contribution in [0.25, 0.3) is 16.6 Å². The van der Waals surface area contributed by atoms with E-state index in [0.717, 1.165) is 71.3 Å². The highest BCUT2D eigenvalue weighted by Gasteiger charge is 2.27. The molecule has 8 nitrogen and oxygen atoms in total. The molecule has 1 amide bonds. The molecule has 1 saturated heterocycles. The molecule has 33 heavy (non-hydrogen) atoms.